The number of nitrogens with one attached hydrogen (secondary N) is 1. The molecule has 0 saturated carbocycles. The highest BCUT2D eigenvalue weighted by Crippen LogP contribution is 2.40. The van der Waals surface area contributed by atoms with Crippen LogP contribution < -0.4 is 19.9 Å². The first-order valence-corrected chi connectivity index (χ1v) is 10.8. The van der Waals surface area contributed by atoms with Crippen molar-refractivity contribution in [2.24, 2.45) is 0 Å². The second kappa shape index (κ2) is 8.90. The number of fused-ring (bicyclic) bond motifs is 3. The lowest BCUT2D eigenvalue weighted by Gasteiger charge is -2.45. The lowest BCUT2D eigenvalue weighted by molar-refractivity contribution is -0.123. The third kappa shape index (κ3) is 4.00. The van der Waals surface area contributed by atoms with E-state index in [1.54, 1.807) is 44.4 Å². The van der Waals surface area contributed by atoms with E-state index in [1.165, 1.54) is 16.9 Å². The van der Waals surface area contributed by atoms with Gasteiger partial charge in [-0.1, -0.05) is 12.1 Å². The van der Waals surface area contributed by atoms with Crippen molar-refractivity contribution in [1.29, 1.82) is 0 Å². The Labute approximate surface area is 187 Å². The van der Waals surface area contributed by atoms with Gasteiger partial charge in [0.15, 0.2) is 0 Å². The van der Waals surface area contributed by atoms with Crippen LogP contribution in [0.3, 0.4) is 0 Å². The number of carbonyl (C=O) groups excluding carboxylic acids is 3. The number of methoxy groups -OCH3 is 1. The monoisotopic (exact) mass is 436 g/mol. The lowest BCUT2D eigenvalue weighted by atomic mass is 9.95. The molecule has 168 valence electrons. The standard InChI is InChI=1S/C24H28N4O4/c1-26(2)23(30)16-11-12-18-20(14-16)28(24(31)19-9-6-7-13-27(18)19)15-22(29)25-17-8-4-5-10-21(17)32-3/h4-5,8,10-12,14,19H,6-7,9,13,15H2,1-3H3,(H,25,29). The molecule has 2 heterocycles. The van der Waals surface area contributed by atoms with Crippen LogP contribution in [0.4, 0.5) is 17.1 Å². The first kappa shape index (κ1) is 21.7. The number of ether oxygens (including phenoxy) is 1. The van der Waals surface area contributed by atoms with E-state index < -0.39 is 0 Å². The fourth-order valence-corrected chi connectivity index (χ4v) is 4.39. The van der Waals surface area contributed by atoms with E-state index >= 15 is 0 Å². The fraction of sp³-hybridized carbons (Fsp3) is 0.375. The number of benzene rings is 2. The second-order valence-electron chi connectivity index (χ2n) is 8.28. The van der Waals surface area contributed by atoms with Crippen molar-refractivity contribution in [1.82, 2.24) is 4.90 Å². The zero-order valence-corrected chi connectivity index (χ0v) is 18.6. The number of hydrogen-bond acceptors (Lipinski definition) is 5. The predicted molar refractivity (Wildman–Crippen MR) is 123 cm³/mol. The maximum Gasteiger partial charge on any atom is 0.253 e. The smallest absolute Gasteiger partial charge is 0.253 e. The van der Waals surface area contributed by atoms with Crippen molar-refractivity contribution in [3.63, 3.8) is 0 Å². The van der Waals surface area contributed by atoms with Crippen molar-refractivity contribution in [3.8, 4) is 5.75 Å². The summed E-state index contributed by atoms with van der Waals surface area (Å²) in [5.41, 5.74) is 2.50. The van der Waals surface area contributed by atoms with Crippen LogP contribution in [0.15, 0.2) is 42.5 Å². The van der Waals surface area contributed by atoms with Gasteiger partial charge in [0.1, 0.15) is 18.3 Å². The van der Waals surface area contributed by atoms with E-state index in [2.05, 4.69) is 10.2 Å². The van der Waals surface area contributed by atoms with Gasteiger partial charge in [0, 0.05) is 26.2 Å². The van der Waals surface area contributed by atoms with Crippen LogP contribution in [-0.2, 0) is 9.59 Å². The normalized spacial score (nSPS) is 17.3. The predicted octanol–water partition coefficient (Wildman–Crippen LogP) is 2.74. The summed E-state index contributed by atoms with van der Waals surface area (Å²) in [6.07, 6.45) is 2.73. The van der Waals surface area contributed by atoms with E-state index in [0.717, 1.165) is 31.5 Å². The maximum absolute atomic E-state index is 13.4. The number of amides is 3. The van der Waals surface area contributed by atoms with Gasteiger partial charge in [-0.3, -0.25) is 19.3 Å². The van der Waals surface area contributed by atoms with Gasteiger partial charge in [-0.25, -0.2) is 0 Å². The minimum Gasteiger partial charge on any atom is -0.495 e. The average molecular weight is 437 g/mol. The first-order chi connectivity index (χ1) is 15.4. The molecule has 32 heavy (non-hydrogen) atoms. The van der Waals surface area contributed by atoms with Gasteiger partial charge in [0.2, 0.25) is 11.8 Å². The quantitative estimate of drug-likeness (QED) is 0.780. The Morgan fingerprint density at radius 3 is 2.66 bits per heavy atom. The molecule has 1 unspecified atom stereocenters. The molecule has 0 aromatic heterocycles. The van der Waals surface area contributed by atoms with Crippen LogP contribution in [0.2, 0.25) is 0 Å². The molecule has 1 saturated heterocycles. The number of rotatable bonds is 5. The Balaban J connectivity index is 1.67. The highest BCUT2D eigenvalue weighted by Gasteiger charge is 2.40. The van der Waals surface area contributed by atoms with E-state index in [1.807, 2.05) is 12.1 Å². The van der Waals surface area contributed by atoms with Gasteiger partial charge in [-0.2, -0.15) is 0 Å². The maximum atomic E-state index is 13.4. The number of carbonyl (C=O) groups is 3. The average Bonchev–Trinajstić information content (AvgIpc) is 2.81. The van der Waals surface area contributed by atoms with Gasteiger partial charge in [0.05, 0.1) is 24.2 Å². The molecule has 4 rings (SSSR count). The first-order valence-electron chi connectivity index (χ1n) is 10.8. The molecule has 0 spiro atoms. The van der Waals surface area contributed by atoms with Crippen LogP contribution in [0, 0.1) is 0 Å². The minimum absolute atomic E-state index is 0.109. The third-order valence-corrected chi connectivity index (χ3v) is 5.97. The zero-order valence-electron chi connectivity index (χ0n) is 18.6. The summed E-state index contributed by atoms with van der Waals surface area (Å²) in [7, 11) is 4.91. The molecule has 3 amide bonds. The minimum atomic E-state index is -0.331. The molecule has 1 atom stereocenters. The SMILES string of the molecule is COc1ccccc1NC(=O)CN1C(=O)C2CCCCN2c2ccc(C(=O)N(C)C)cc21. The van der Waals surface area contributed by atoms with Gasteiger partial charge in [-0.05, 0) is 49.6 Å². The Bertz CT molecular complexity index is 1050. The van der Waals surface area contributed by atoms with E-state index in [-0.39, 0.29) is 30.3 Å². The van der Waals surface area contributed by atoms with Crippen LogP contribution in [0.5, 0.6) is 5.75 Å². The molecular formula is C24H28N4O4. The van der Waals surface area contributed by atoms with E-state index in [9.17, 15) is 14.4 Å². The molecule has 0 bridgehead atoms. The summed E-state index contributed by atoms with van der Waals surface area (Å²) in [5.74, 6) is -0.0489. The number of nitrogens with zero attached hydrogens (tertiary/aromatic N) is 3. The van der Waals surface area contributed by atoms with Gasteiger partial charge in [-0.15, -0.1) is 0 Å². The Hall–Kier alpha value is -3.55. The van der Waals surface area contributed by atoms with Crippen LogP contribution in [0.1, 0.15) is 29.6 Å². The molecule has 1 N–H and O–H groups in total. The lowest BCUT2D eigenvalue weighted by Crippen LogP contribution is -2.56. The Kier molecular flexibility index (Phi) is 6.03. The topological polar surface area (TPSA) is 82.2 Å². The summed E-state index contributed by atoms with van der Waals surface area (Å²) in [4.78, 5) is 44.0. The number of anilines is 3. The van der Waals surface area contributed by atoms with Crippen molar-refractivity contribution in [2.45, 2.75) is 25.3 Å². The van der Waals surface area contributed by atoms with Gasteiger partial charge in [0.25, 0.3) is 5.91 Å². The summed E-state index contributed by atoms with van der Waals surface area (Å²) < 4.78 is 5.30. The summed E-state index contributed by atoms with van der Waals surface area (Å²) in [6.45, 7) is 0.638. The summed E-state index contributed by atoms with van der Waals surface area (Å²) in [6, 6.07) is 12.2. The number of hydrogen-bond donors (Lipinski definition) is 1. The highest BCUT2D eigenvalue weighted by atomic mass is 16.5. The second-order valence-corrected chi connectivity index (χ2v) is 8.28. The third-order valence-electron chi connectivity index (χ3n) is 5.97. The molecule has 0 aliphatic carbocycles. The highest BCUT2D eigenvalue weighted by molar-refractivity contribution is 6.11. The van der Waals surface area contributed by atoms with E-state index in [4.69, 9.17) is 4.74 Å². The van der Waals surface area contributed by atoms with Crippen LogP contribution in [-0.4, -0.2) is 63.0 Å². The molecule has 8 nitrogen and oxygen atoms in total. The summed E-state index contributed by atoms with van der Waals surface area (Å²) >= 11 is 0. The van der Waals surface area contributed by atoms with Gasteiger partial charge < -0.3 is 19.9 Å². The largest absolute Gasteiger partial charge is 0.495 e. The fourth-order valence-electron chi connectivity index (χ4n) is 4.39. The molecule has 1 fully saturated rings. The molecule has 2 aromatic carbocycles. The number of piperidine rings is 1. The Morgan fingerprint density at radius 1 is 1.12 bits per heavy atom. The molecule has 2 aromatic rings. The van der Waals surface area contributed by atoms with Crippen molar-refractivity contribution >= 4 is 34.8 Å². The van der Waals surface area contributed by atoms with Crippen LogP contribution >= 0.6 is 0 Å². The van der Waals surface area contributed by atoms with Crippen LogP contribution in [0.25, 0.3) is 0 Å². The zero-order chi connectivity index (χ0) is 22.8. The molecule has 0 radical (unpaired) electrons. The van der Waals surface area contributed by atoms with Crippen molar-refractivity contribution in [3.05, 3.63) is 48.0 Å². The van der Waals surface area contributed by atoms with E-state index in [0.29, 0.717) is 22.7 Å². The molecule has 8 heteroatoms. The molecular weight excluding hydrogens is 408 g/mol. The van der Waals surface area contributed by atoms with Gasteiger partial charge >= 0.3 is 0 Å². The molecule has 2 aliphatic rings. The summed E-state index contributed by atoms with van der Waals surface area (Å²) in [5, 5.41) is 2.84. The Morgan fingerprint density at radius 2 is 1.91 bits per heavy atom. The molecule has 2 aliphatic heterocycles. The number of para-hydroxylation sites is 2. The van der Waals surface area contributed by atoms with Crippen molar-refractivity contribution < 1.29 is 19.1 Å². The van der Waals surface area contributed by atoms with Crippen molar-refractivity contribution in [2.75, 3.05) is 49.4 Å².